The summed E-state index contributed by atoms with van der Waals surface area (Å²) in [6.07, 6.45) is 1.89. The Labute approximate surface area is 176 Å². The van der Waals surface area contributed by atoms with Crippen LogP contribution in [-0.2, 0) is 10.0 Å². The predicted octanol–water partition coefficient (Wildman–Crippen LogP) is 3.04. The Morgan fingerprint density at radius 1 is 1.17 bits per heavy atom. The Hall–Kier alpha value is -3.05. The van der Waals surface area contributed by atoms with E-state index in [9.17, 15) is 18.0 Å². The molecule has 0 spiro atoms. The Kier molecular flexibility index (Phi) is 5.39. The quantitative estimate of drug-likeness (QED) is 0.577. The van der Waals surface area contributed by atoms with E-state index >= 15 is 0 Å². The number of Topliss-reactive ketones (excluding diaryl/α,β-unsaturated/α-hetero) is 1. The fourth-order valence-corrected chi connectivity index (χ4v) is 5.25. The lowest BCUT2D eigenvalue weighted by atomic mass is 10.1. The lowest BCUT2D eigenvalue weighted by Crippen LogP contribution is -2.27. The van der Waals surface area contributed by atoms with Gasteiger partial charge in [-0.05, 0) is 50.1 Å². The van der Waals surface area contributed by atoms with E-state index in [2.05, 4.69) is 14.9 Å². The number of ketones is 1. The maximum atomic E-state index is 12.7. The molecule has 1 fully saturated rings. The molecular formula is C19H18N4O5S2. The molecule has 156 valence electrons. The van der Waals surface area contributed by atoms with Crippen molar-refractivity contribution in [1.82, 2.24) is 15.0 Å². The largest absolute Gasteiger partial charge is 0.334 e. The molecule has 4 rings (SSSR count). The van der Waals surface area contributed by atoms with E-state index in [-0.39, 0.29) is 27.6 Å². The summed E-state index contributed by atoms with van der Waals surface area (Å²) in [5, 5.41) is 5.40. The molecule has 9 nitrogen and oxygen atoms in total. The van der Waals surface area contributed by atoms with Crippen LogP contribution in [0.1, 0.15) is 40.8 Å². The number of rotatable bonds is 6. The first-order chi connectivity index (χ1) is 14.3. The Bertz CT molecular complexity index is 1190. The van der Waals surface area contributed by atoms with Crippen LogP contribution in [0.5, 0.6) is 0 Å². The molecule has 11 heteroatoms. The topological polar surface area (TPSA) is 122 Å². The minimum atomic E-state index is -3.83. The first kappa shape index (κ1) is 20.2. The number of hydrogen-bond acceptors (Lipinski definition) is 8. The first-order valence-electron chi connectivity index (χ1n) is 9.19. The van der Waals surface area contributed by atoms with Gasteiger partial charge in [0.05, 0.1) is 0 Å². The van der Waals surface area contributed by atoms with E-state index in [0.717, 1.165) is 24.2 Å². The van der Waals surface area contributed by atoms with Crippen molar-refractivity contribution < 1.29 is 22.5 Å². The molecule has 1 aromatic carbocycles. The molecule has 1 aliphatic rings. The zero-order valence-electron chi connectivity index (χ0n) is 16.0. The summed E-state index contributed by atoms with van der Waals surface area (Å²) >= 11 is 1.00. The van der Waals surface area contributed by atoms with Gasteiger partial charge in [-0.25, -0.2) is 8.42 Å². The molecule has 1 N–H and O–H groups in total. The van der Waals surface area contributed by atoms with Crippen molar-refractivity contribution in [2.45, 2.75) is 24.0 Å². The summed E-state index contributed by atoms with van der Waals surface area (Å²) in [4.78, 5) is 29.4. The van der Waals surface area contributed by atoms with E-state index < -0.39 is 10.0 Å². The van der Waals surface area contributed by atoms with Crippen molar-refractivity contribution in [1.29, 1.82) is 0 Å². The number of likely N-dealkylation sites (tertiary alicyclic amines) is 1. The van der Waals surface area contributed by atoms with E-state index in [1.807, 2.05) is 0 Å². The molecule has 1 amide bonds. The van der Waals surface area contributed by atoms with Crippen LogP contribution < -0.4 is 4.72 Å². The molecule has 30 heavy (non-hydrogen) atoms. The third kappa shape index (κ3) is 4.12. The summed E-state index contributed by atoms with van der Waals surface area (Å²) < 4.78 is 32.9. The van der Waals surface area contributed by atoms with Gasteiger partial charge in [-0.3, -0.25) is 14.3 Å². The van der Waals surface area contributed by atoms with Gasteiger partial charge >= 0.3 is 11.8 Å². The van der Waals surface area contributed by atoms with E-state index in [1.54, 1.807) is 22.4 Å². The zero-order valence-corrected chi connectivity index (χ0v) is 17.6. The predicted molar refractivity (Wildman–Crippen MR) is 110 cm³/mol. The molecule has 0 bridgehead atoms. The molecule has 3 aromatic rings. The van der Waals surface area contributed by atoms with Crippen molar-refractivity contribution >= 4 is 38.7 Å². The van der Waals surface area contributed by atoms with Crippen LogP contribution in [0.3, 0.4) is 0 Å². The smallest absolute Gasteiger partial charge is 0.316 e. The number of aromatic nitrogens is 2. The standard InChI is InChI=1S/C19H18N4O5S2/c1-12(24)13-4-6-15(7-5-13)22-30(26,27)16-10-14(11-29-16)17-20-18(28-21-17)19(25)23-8-2-3-9-23/h4-7,10-11,22H,2-3,8-9H2,1H3. The average molecular weight is 447 g/mol. The third-order valence-corrected chi connectivity index (χ3v) is 7.47. The van der Waals surface area contributed by atoms with Gasteiger partial charge in [0, 0.05) is 35.3 Å². The molecular weight excluding hydrogens is 428 g/mol. The van der Waals surface area contributed by atoms with E-state index in [1.165, 1.54) is 25.1 Å². The van der Waals surface area contributed by atoms with Crippen LogP contribution in [0.15, 0.2) is 44.4 Å². The number of nitrogens with one attached hydrogen (secondary N) is 1. The van der Waals surface area contributed by atoms with Gasteiger partial charge in [-0.15, -0.1) is 11.3 Å². The molecule has 0 radical (unpaired) electrons. The van der Waals surface area contributed by atoms with Crippen molar-refractivity contribution in [2.24, 2.45) is 0 Å². The van der Waals surface area contributed by atoms with Crippen LogP contribution in [-0.4, -0.2) is 48.2 Å². The summed E-state index contributed by atoms with van der Waals surface area (Å²) in [5.41, 5.74) is 1.28. The van der Waals surface area contributed by atoms with Gasteiger partial charge < -0.3 is 9.42 Å². The molecule has 0 aliphatic carbocycles. The molecule has 2 aromatic heterocycles. The van der Waals surface area contributed by atoms with Gasteiger partial charge in [0.15, 0.2) is 5.78 Å². The highest BCUT2D eigenvalue weighted by molar-refractivity contribution is 7.94. The highest BCUT2D eigenvalue weighted by Crippen LogP contribution is 2.28. The second-order valence-corrected chi connectivity index (χ2v) is 9.64. The van der Waals surface area contributed by atoms with Gasteiger partial charge in [0.1, 0.15) is 4.21 Å². The number of carbonyl (C=O) groups excluding carboxylic acids is 2. The highest BCUT2D eigenvalue weighted by atomic mass is 32.2. The molecule has 0 unspecified atom stereocenters. The third-order valence-electron chi connectivity index (χ3n) is 4.64. The van der Waals surface area contributed by atoms with Crippen LogP contribution in [0.25, 0.3) is 11.4 Å². The monoisotopic (exact) mass is 446 g/mol. The number of amides is 1. The number of anilines is 1. The van der Waals surface area contributed by atoms with Crippen LogP contribution in [0.4, 0.5) is 5.69 Å². The molecule has 3 heterocycles. The number of sulfonamides is 1. The maximum Gasteiger partial charge on any atom is 0.316 e. The van der Waals surface area contributed by atoms with Gasteiger partial charge in [0.25, 0.3) is 10.0 Å². The summed E-state index contributed by atoms with van der Waals surface area (Å²) in [5.74, 6) is -0.368. The number of hydrogen-bond donors (Lipinski definition) is 1. The minimum Gasteiger partial charge on any atom is -0.334 e. The summed E-state index contributed by atoms with van der Waals surface area (Å²) in [6.45, 7) is 2.77. The second-order valence-electron chi connectivity index (χ2n) is 6.82. The fraction of sp³-hybridized carbons (Fsp3) is 0.263. The molecule has 0 saturated carbocycles. The maximum absolute atomic E-state index is 12.7. The number of nitrogens with zero attached hydrogens (tertiary/aromatic N) is 3. The van der Waals surface area contributed by atoms with Crippen LogP contribution in [0.2, 0.25) is 0 Å². The minimum absolute atomic E-state index is 0.0605. The number of benzene rings is 1. The molecule has 1 aliphatic heterocycles. The van der Waals surface area contributed by atoms with Crippen molar-refractivity contribution in [3.8, 4) is 11.4 Å². The lowest BCUT2D eigenvalue weighted by molar-refractivity contribution is 0.0743. The first-order valence-corrected chi connectivity index (χ1v) is 11.6. The van der Waals surface area contributed by atoms with Crippen molar-refractivity contribution in [2.75, 3.05) is 17.8 Å². The lowest BCUT2D eigenvalue weighted by Gasteiger charge is -2.10. The summed E-state index contributed by atoms with van der Waals surface area (Å²) in [7, 11) is -3.83. The highest BCUT2D eigenvalue weighted by Gasteiger charge is 2.26. The van der Waals surface area contributed by atoms with Crippen LogP contribution >= 0.6 is 11.3 Å². The van der Waals surface area contributed by atoms with Crippen molar-refractivity contribution in [3.63, 3.8) is 0 Å². The van der Waals surface area contributed by atoms with Gasteiger partial charge in [-0.1, -0.05) is 5.16 Å². The van der Waals surface area contributed by atoms with Crippen molar-refractivity contribution in [3.05, 3.63) is 47.2 Å². The summed E-state index contributed by atoms with van der Waals surface area (Å²) in [6, 6.07) is 7.58. The zero-order chi connectivity index (χ0) is 21.3. The molecule has 1 saturated heterocycles. The van der Waals surface area contributed by atoms with Gasteiger partial charge in [-0.2, -0.15) is 4.98 Å². The SMILES string of the molecule is CC(=O)c1ccc(NS(=O)(=O)c2cc(-c3noc(C(=O)N4CCCC4)n3)cs2)cc1. The van der Waals surface area contributed by atoms with Crippen LogP contribution in [0, 0.1) is 0 Å². The number of thiophene rings is 1. The Morgan fingerprint density at radius 2 is 1.87 bits per heavy atom. The number of carbonyl (C=O) groups is 2. The van der Waals surface area contributed by atoms with E-state index in [0.29, 0.717) is 29.9 Å². The second kappa shape index (κ2) is 8.00. The Morgan fingerprint density at radius 3 is 2.53 bits per heavy atom. The fourth-order valence-electron chi connectivity index (χ4n) is 3.04. The van der Waals surface area contributed by atoms with E-state index in [4.69, 9.17) is 4.52 Å². The molecule has 0 atom stereocenters. The normalized spacial score (nSPS) is 14.1. The Balaban J connectivity index is 1.50. The van der Waals surface area contributed by atoms with Gasteiger partial charge in [0.2, 0.25) is 5.82 Å². The average Bonchev–Trinajstić information content (AvgIpc) is 3.49.